The van der Waals surface area contributed by atoms with Gasteiger partial charge in [0.15, 0.2) is 0 Å². The van der Waals surface area contributed by atoms with Crippen molar-refractivity contribution in [3.63, 3.8) is 0 Å². The first-order valence-electron chi connectivity index (χ1n) is 7.04. The monoisotopic (exact) mass is 371 g/mol. The number of carbonyl (C=O) groups is 1. The Bertz CT molecular complexity index is 907. The van der Waals surface area contributed by atoms with Gasteiger partial charge in [-0.05, 0) is 31.5 Å². The minimum absolute atomic E-state index is 0.325. The van der Waals surface area contributed by atoms with Gasteiger partial charge in [0.2, 0.25) is 0 Å². The zero-order valence-corrected chi connectivity index (χ0v) is 14.2. The molecule has 4 nitrogen and oxygen atoms in total. The van der Waals surface area contributed by atoms with Crippen molar-refractivity contribution in [3.8, 4) is 17.0 Å². The van der Waals surface area contributed by atoms with Gasteiger partial charge in [-0.15, -0.1) is 0 Å². The zero-order valence-electron chi connectivity index (χ0n) is 12.6. The van der Waals surface area contributed by atoms with Crippen LogP contribution < -0.4 is 4.74 Å². The molecule has 0 saturated heterocycles. The SMILES string of the molecule is Cc1c(-c2ccccc2)nc2c(C)cc(Br)cc2c1OC(=O)O. The van der Waals surface area contributed by atoms with Crippen LogP contribution in [0.4, 0.5) is 4.79 Å². The van der Waals surface area contributed by atoms with Crippen LogP contribution in [0.2, 0.25) is 0 Å². The topological polar surface area (TPSA) is 59.4 Å². The summed E-state index contributed by atoms with van der Waals surface area (Å²) in [6, 6.07) is 13.4. The van der Waals surface area contributed by atoms with Crippen molar-refractivity contribution in [2.45, 2.75) is 13.8 Å². The molecule has 0 aliphatic heterocycles. The van der Waals surface area contributed by atoms with Crippen LogP contribution in [-0.2, 0) is 0 Å². The number of halogens is 1. The molecule has 0 radical (unpaired) electrons. The number of nitrogens with zero attached hydrogens (tertiary/aromatic N) is 1. The number of benzene rings is 2. The number of aryl methyl sites for hydroxylation is 1. The van der Waals surface area contributed by atoms with E-state index >= 15 is 0 Å². The first-order valence-corrected chi connectivity index (χ1v) is 7.83. The van der Waals surface area contributed by atoms with Gasteiger partial charge >= 0.3 is 6.16 Å². The van der Waals surface area contributed by atoms with E-state index in [0.717, 1.165) is 26.8 Å². The smallest absolute Gasteiger partial charge is 0.449 e. The molecule has 0 fully saturated rings. The van der Waals surface area contributed by atoms with Crippen LogP contribution in [0.5, 0.6) is 5.75 Å². The quantitative estimate of drug-likeness (QED) is 0.617. The maximum absolute atomic E-state index is 11.1. The van der Waals surface area contributed by atoms with Crippen molar-refractivity contribution in [2.24, 2.45) is 0 Å². The van der Waals surface area contributed by atoms with E-state index in [1.807, 2.05) is 56.3 Å². The van der Waals surface area contributed by atoms with Gasteiger partial charge in [-0.1, -0.05) is 46.3 Å². The molecule has 3 rings (SSSR count). The predicted octanol–water partition coefficient (Wildman–Crippen LogP) is 5.34. The fraction of sp³-hybridized carbons (Fsp3) is 0.111. The summed E-state index contributed by atoms with van der Waals surface area (Å²) >= 11 is 3.44. The summed E-state index contributed by atoms with van der Waals surface area (Å²) in [5.41, 5.74) is 4.02. The summed E-state index contributed by atoms with van der Waals surface area (Å²) in [6.45, 7) is 3.76. The van der Waals surface area contributed by atoms with Crippen molar-refractivity contribution in [3.05, 3.63) is 58.1 Å². The Balaban J connectivity index is 2.39. The maximum Gasteiger partial charge on any atom is 0.511 e. The Hall–Kier alpha value is -2.40. The van der Waals surface area contributed by atoms with E-state index in [-0.39, 0.29) is 0 Å². The van der Waals surface area contributed by atoms with Crippen molar-refractivity contribution in [1.29, 1.82) is 0 Å². The Labute approximate surface area is 141 Å². The van der Waals surface area contributed by atoms with Crippen LogP contribution in [0.3, 0.4) is 0 Å². The summed E-state index contributed by atoms with van der Waals surface area (Å²) < 4.78 is 5.94. The van der Waals surface area contributed by atoms with Gasteiger partial charge in [0.1, 0.15) is 5.75 Å². The summed E-state index contributed by atoms with van der Waals surface area (Å²) in [4.78, 5) is 15.9. The van der Waals surface area contributed by atoms with E-state index in [2.05, 4.69) is 15.9 Å². The van der Waals surface area contributed by atoms with Gasteiger partial charge in [-0.2, -0.15) is 0 Å². The van der Waals surface area contributed by atoms with Gasteiger partial charge in [-0.3, -0.25) is 0 Å². The average molecular weight is 372 g/mol. The van der Waals surface area contributed by atoms with Crippen LogP contribution in [0, 0.1) is 13.8 Å². The second kappa shape index (κ2) is 6.01. The molecule has 0 unspecified atom stereocenters. The lowest BCUT2D eigenvalue weighted by atomic mass is 10.0. The van der Waals surface area contributed by atoms with Gasteiger partial charge in [0, 0.05) is 21.0 Å². The molecule has 1 heterocycles. The number of ether oxygens (including phenoxy) is 1. The molecule has 5 heteroatoms. The molecule has 3 aromatic rings. The molecule has 0 atom stereocenters. The standard InChI is InChI=1S/C18H14BrNO3/c1-10-8-13(19)9-14-15(10)20-16(12-6-4-3-5-7-12)11(2)17(14)23-18(21)22/h3-9H,1-2H3,(H,21,22). The number of carboxylic acid groups (broad SMARTS) is 1. The van der Waals surface area contributed by atoms with Gasteiger partial charge < -0.3 is 9.84 Å². The Morgan fingerprint density at radius 2 is 1.87 bits per heavy atom. The number of fused-ring (bicyclic) bond motifs is 1. The molecule has 2 aromatic carbocycles. The highest BCUT2D eigenvalue weighted by molar-refractivity contribution is 9.10. The van der Waals surface area contributed by atoms with Gasteiger partial charge in [-0.25, -0.2) is 9.78 Å². The van der Waals surface area contributed by atoms with E-state index in [4.69, 9.17) is 14.8 Å². The van der Waals surface area contributed by atoms with Crippen LogP contribution in [0.25, 0.3) is 22.2 Å². The third kappa shape index (κ3) is 2.92. The minimum Gasteiger partial charge on any atom is -0.449 e. The van der Waals surface area contributed by atoms with Crippen molar-refractivity contribution < 1.29 is 14.6 Å². The van der Waals surface area contributed by atoms with Gasteiger partial charge in [0.25, 0.3) is 0 Å². The fourth-order valence-corrected chi connectivity index (χ4v) is 3.23. The molecular weight excluding hydrogens is 358 g/mol. The number of pyridine rings is 1. The summed E-state index contributed by atoms with van der Waals surface area (Å²) in [5.74, 6) is 0.325. The van der Waals surface area contributed by atoms with Crippen LogP contribution in [-0.4, -0.2) is 16.2 Å². The van der Waals surface area contributed by atoms with Crippen molar-refractivity contribution in [2.75, 3.05) is 0 Å². The van der Waals surface area contributed by atoms with E-state index in [1.165, 1.54) is 0 Å². The number of rotatable bonds is 2. The molecular formula is C18H14BrNO3. The normalized spacial score (nSPS) is 10.7. The predicted molar refractivity (Wildman–Crippen MR) is 93.0 cm³/mol. The lowest BCUT2D eigenvalue weighted by Crippen LogP contribution is -2.07. The van der Waals surface area contributed by atoms with Crippen LogP contribution >= 0.6 is 15.9 Å². The molecule has 0 bridgehead atoms. The second-order valence-electron chi connectivity index (χ2n) is 5.27. The van der Waals surface area contributed by atoms with E-state index in [1.54, 1.807) is 0 Å². The minimum atomic E-state index is -1.34. The van der Waals surface area contributed by atoms with Crippen LogP contribution in [0.1, 0.15) is 11.1 Å². The molecule has 1 aromatic heterocycles. The Kier molecular flexibility index (Phi) is 4.05. The van der Waals surface area contributed by atoms with Crippen molar-refractivity contribution in [1.82, 2.24) is 4.98 Å². The highest BCUT2D eigenvalue weighted by atomic mass is 79.9. The molecule has 23 heavy (non-hydrogen) atoms. The maximum atomic E-state index is 11.1. The highest BCUT2D eigenvalue weighted by Gasteiger charge is 2.18. The summed E-state index contributed by atoms with van der Waals surface area (Å²) in [7, 11) is 0. The van der Waals surface area contributed by atoms with E-state index < -0.39 is 6.16 Å². The summed E-state index contributed by atoms with van der Waals surface area (Å²) in [5, 5.41) is 9.77. The van der Waals surface area contributed by atoms with Crippen LogP contribution in [0.15, 0.2) is 46.9 Å². The third-order valence-corrected chi connectivity index (χ3v) is 4.12. The lowest BCUT2D eigenvalue weighted by molar-refractivity contribution is 0.144. The molecule has 0 amide bonds. The Morgan fingerprint density at radius 1 is 1.17 bits per heavy atom. The number of hydrogen-bond acceptors (Lipinski definition) is 3. The fourth-order valence-electron chi connectivity index (χ4n) is 2.66. The molecule has 0 spiro atoms. The largest absolute Gasteiger partial charge is 0.511 e. The Morgan fingerprint density at radius 3 is 2.52 bits per heavy atom. The molecule has 1 N–H and O–H groups in total. The van der Waals surface area contributed by atoms with E-state index in [0.29, 0.717) is 16.7 Å². The third-order valence-electron chi connectivity index (χ3n) is 3.67. The molecule has 0 aliphatic carbocycles. The second-order valence-corrected chi connectivity index (χ2v) is 6.18. The van der Waals surface area contributed by atoms with E-state index in [9.17, 15) is 4.79 Å². The number of hydrogen-bond donors (Lipinski definition) is 1. The first-order chi connectivity index (χ1) is 11.0. The molecule has 116 valence electrons. The van der Waals surface area contributed by atoms with Crippen molar-refractivity contribution >= 4 is 33.0 Å². The first kappa shape index (κ1) is 15.5. The average Bonchev–Trinajstić information content (AvgIpc) is 2.50. The lowest BCUT2D eigenvalue weighted by Gasteiger charge is -2.15. The molecule has 0 aliphatic rings. The van der Waals surface area contributed by atoms with Gasteiger partial charge in [0.05, 0.1) is 11.2 Å². The number of aromatic nitrogens is 1. The zero-order chi connectivity index (χ0) is 16.6. The highest BCUT2D eigenvalue weighted by Crippen LogP contribution is 2.37. The summed E-state index contributed by atoms with van der Waals surface area (Å²) in [6.07, 6.45) is -1.34. The molecule has 0 saturated carbocycles.